The van der Waals surface area contributed by atoms with Gasteiger partial charge in [-0.25, -0.2) is 0 Å². The van der Waals surface area contributed by atoms with E-state index in [-0.39, 0.29) is 11.9 Å². The van der Waals surface area contributed by atoms with Gasteiger partial charge in [0.25, 0.3) is 0 Å². The lowest BCUT2D eigenvalue weighted by atomic mass is 10.1. The van der Waals surface area contributed by atoms with Crippen LogP contribution in [0.3, 0.4) is 0 Å². The molecule has 0 fully saturated rings. The van der Waals surface area contributed by atoms with E-state index in [0.717, 1.165) is 33.1 Å². The molecule has 4 heteroatoms. The molecule has 2 nitrogen and oxygen atoms in total. The largest absolute Gasteiger partial charge is 0.489 e. The van der Waals surface area contributed by atoms with Crippen LogP contribution in [0.5, 0.6) is 5.75 Å². The molecule has 1 aromatic carbocycles. The molecule has 1 atom stereocenters. The van der Waals surface area contributed by atoms with Crippen molar-refractivity contribution in [3.8, 4) is 16.2 Å². The van der Waals surface area contributed by atoms with E-state index >= 15 is 0 Å². The van der Waals surface area contributed by atoms with Crippen LogP contribution in [0.2, 0.25) is 5.02 Å². The van der Waals surface area contributed by atoms with Crippen molar-refractivity contribution in [1.29, 1.82) is 0 Å². The summed E-state index contributed by atoms with van der Waals surface area (Å²) in [6.45, 7) is 3.62. The van der Waals surface area contributed by atoms with Crippen LogP contribution in [0.25, 0.3) is 10.4 Å². The first kappa shape index (κ1) is 12.7. The summed E-state index contributed by atoms with van der Waals surface area (Å²) in [5.41, 5.74) is 2.20. The van der Waals surface area contributed by atoms with E-state index in [9.17, 15) is 4.79 Å². The Labute approximate surface area is 121 Å². The standard InChI is InChI=1S/C15H13ClO2S/c1-8-5-11-6-10(7-12(16)15(11)18-8)14-4-3-13(19-14)9(2)17/h3-4,6-8H,5H2,1-2H3. The van der Waals surface area contributed by atoms with Gasteiger partial charge in [-0.15, -0.1) is 11.3 Å². The molecule has 1 aromatic heterocycles. The van der Waals surface area contributed by atoms with Gasteiger partial charge >= 0.3 is 0 Å². The van der Waals surface area contributed by atoms with Crippen molar-refractivity contribution in [3.05, 3.63) is 39.7 Å². The van der Waals surface area contributed by atoms with Crippen molar-refractivity contribution in [2.75, 3.05) is 0 Å². The third-order valence-electron chi connectivity index (χ3n) is 3.18. The molecule has 2 heterocycles. The molecule has 0 radical (unpaired) electrons. The topological polar surface area (TPSA) is 26.3 Å². The van der Waals surface area contributed by atoms with Gasteiger partial charge in [-0.1, -0.05) is 11.6 Å². The third kappa shape index (κ3) is 2.28. The lowest BCUT2D eigenvalue weighted by molar-refractivity contribution is 0.102. The first-order valence-corrected chi connectivity index (χ1v) is 7.34. The molecule has 0 N–H and O–H groups in total. The summed E-state index contributed by atoms with van der Waals surface area (Å²) in [7, 11) is 0. The van der Waals surface area contributed by atoms with Gasteiger partial charge in [-0.2, -0.15) is 0 Å². The summed E-state index contributed by atoms with van der Waals surface area (Å²) in [4.78, 5) is 13.2. The highest BCUT2D eigenvalue weighted by atomic mass is 35.5. The third-order valence-corrected chi connectivity index (χ3v) is 4.70. The highest BCUT2D eigenvalue weighted by Crippen LogP contribution is 2.40. The van der Waals surface area contributed by atoms with Crippen molar-refractivity contribution in [2.45, 2.75) is 26.4 Å². The molecule has 2 aromatic rings. The number of hydrogen-bond donors (Lipinski definition) is 0. The predicted octanol–water partition coefficient (Wildman–Crippen LogP) is 4.59. The smallest absolute Gasteiger partial charge is 0.169 e. The second kappa shape index (κ2) is 4.66. The van der Waals surface area contributed by atoms with Crippen molar-refractivity contribution in [3.63, 3.8) is 0 Å². The van der Waals surface area contributed by atoms with Crippen molar-refractivity contribution in [2.24, 2.45) is 0 Å². The van der Waals surface area contributed by atoms with E-state index in [4.69, 9.17) is 16.3 Å². The number of rotatable bonds is 2. The summed E-state index contributed by atoms with van der Waals surface area (Å²) in [6.07, 6.45) is 1.06. The minimum absolute atomic E-state index is 0.0977. The van der Waals surface area contributed by atoms with Crippen LogP contribution in [0.4, 0.5) is 0 Å². The van der Waals surface area contributed by atoms with E-state index < -0.39 is 0 Å². The number of fused-ring (bicyclic) bond motifs is 1. The number of carbonyl (C=O) groups is 1. The van der Waals surface area contributed by atoms with E-state index in [1.54, 1.807) is 6.92 Å². The minimum atomic E-state index is 0.0977. The molecule has 0 bridgehead atoms. The number of Topliss-reactive ketones (excluding diaryl/α,β-unsaturated/α-hetero) is 1. The number of ether oxygens (including phenoxy) is 1. The minimum Gasteiger partial charge on any atom is -0.489 e. The highest BCUT2D eigenvalue weighted by molar-refractivity contribution is 7.17. The van der Waals surface area contributed by atoms with E-state index in [1.165, 1.54) is 11.3 Å². The molecule has 0 spiro atoms. The van der Waals surface area contributed by atoms with Gasteiger partial charge in [0, 0.05) is 11.3 Å². The monoisotopic (exact) mass is 292 g/mol. The average Bonchev–Trinajstić information content (AvgIpc) is 2.94. The Kier molecular flexibility index (Phi) is 3.11. The summed E-state index contributed by atoms with van der Waals surface area (Å²) >= 11 is 7.77. The van der Waals surface area contributed by atoms with Gasteiger partial charge in [0.15, 0.2) is 5.78 Å². The molecule has 3 rings (SSSR count). The van der Waals surface area contributed by atoms with Gasteiger partial charge < -0.3 is 4.74 Å². The summed E-state index contributed by atoms with van der Waals surface area (Å²) < 4.78 is 5.69. The Morgan fingerprint density at radius 2 is 2.21 bits per heavy atom. The summed E-state index contributed by atoms with van der Waals surface area (Å²) in [5.74, 6) is 0.904. The van der Waals surface area contributed by atoms with Crippen LogP contribution < -0.4 is 4.74 Å². The number of halogens is 1. The quantitative estimate of drug-likeness (QED) is 0.757. The fourth-order valence-electron chi connectivity index (χ4n) is 2.31. The van der Waals surface area contributed by atoms with Gasteiger partial charge in [0.1, 0.15) is 11.9 Å². The normalized spacial score (nSPS) is 17.1. The molecule has 0 saturated carbocycles. The fraction of sp³-hybridized carbons (Fsp3) is 0.267. The molecule has 0 saturated heterocycles. The second-order valence-corrected chi connectivity index (χ2v) is 6.29. The first-order chi connectivity index (χ1) is 9.04. The molecular weight excluding hydrogens is 280 g/mol. The Morgan fingerprint density at radius 1 is 1.42 bits per heavy atom. The maximum Gasteiger partial charge on any atom is 0.169 e. The van der Waals surface area contributed by atoms with E-state index in [2.05, 4.69) is 6.07 Å². The molecule has 19 heavy (non-hydrogen) atoms. The predicted molar refractivity (Wildman–Crippen MR) is 78.6 cm³/mol. The highest BCUT2D eigenvalue weighted by Gasteiger charge is 2.23. The van der Waals surface area contributed by atoms with Crippen molar-refractivity contribution >= 4 is 28.7 Å². The van der Waals surface area contributed by atoms with Crippen LogP contribution in [-0.2, 0) is 6.42 Å². The van der Waals surface area contributed by atoms with Gasteiger partial charge in [0.2, 0.25) is 0 Å². The van der Waals surface area contributed by atoms with Crippen LogP contribution in [0.1, 0.15) is 29.1 Å². The van der Waals surface area contributed by atoms with Gasteiger partial charge in [0.05, 0.1) is 9.90 Å². The van der Waals surface area contributed by atoms with E-state index in [1.807, 2.05) is 25.1 Å². The summed E-state index contributed by atoms with van der Waals surface area (Å²) in [5, 5.41) is 0.648. The zero-order chi connectivity index (χ0) is 13.6. The van der Waals surface area contributed by atoms with Gasteiger partial charge in [-0.05, 0) is 49.2 Å². The molecule has 98 valence electrons. The summed E-state index contributed by atoms with van der Waals surface area (Å²) in [6, 6.07) is 7.86. The Morgan fingerprint density at radius 3 is 2.89 bits per heavy atom. The van der Waals surface area contributed by atoms with Crippen LogP contribution in [0.15, 0.2) is 24.3 Å². The zero-order valence-electron chi connectivity index (χ0n) is 10.7. The van der Waals surface area contributed by atoms with Crippen LogP contribution >= 0.6 is 22.9 Å². The number of thiophene rings is 1. The fourth-order valence-corrected chi connectivity index (χ4v) is 3.48. The number of hydrogen-bond acceptors (Lipinski definition) is 3. The van der Waals surface area contributed by atoms with Crippen molar-refractivity contribution < 1.29 is 9.53 Å². The van der Waals surface area contributed by atoms with Crippen LogP contribution in [-0.4, -0.2) is 11.9 Å². The Hall–Kier alpha value is -1.32. The maximum absolute atomic E-state index is 11.4. The lowest BCUT2D eigenvalue weighted by Crippen LogP contribution is -2.05. The Balaban J connectivity index is 2.04. The SMILES string of the molecule is CC(=O)c1ccc(-c2cc(Cl)c3c(c2)CC(C)O3)s1. The molecular formula is C15H13ClO2S. The van der Waals surface area contributed by atoms with Gasteiger partial charge in [-0.3, -0.25) is 4.79 Å². The lowest BCUT2D eigenvalue weighted by Gasteiger charge is -2.06. The molecule has 0 aliphatic carbocycles. The maximum atomic E-state index is 11.4. The zero-order valence-corrected chi connectivity index (χ0v) is 12.3. The van der Waals surface area contributed by atoms with Crippen LogP contribution in [0, 0.1) is 0 Å². The molecule has 1 aliphatic heterocycles. The van der Waals surface area contributed by atoms with E-state index in [0.29, 0.717) is 5.02 Å². The first-order valence-electron chi connectivity index (χ1n) is 6.15. The second-order valence-electron chi connectivity index (χ2n) is 4.80. The molecule has 1 aliphatic rings. The Bertz CT molecular complexity index is 660. The number of benzene rings is 1. The van der Waals surface area contributed by atoms with Crippen molar-refractivity contribution in [1.82, 2.24) is 0 Å². The molecule has 0 amide bonds. The number of carbonyl (C=O) groups excluding carboxylic acids is 1. The average molecular weight is 293 g/mol. The number of ketones is 1. The molecule has 1 unspecified atom stereocenters.